The van der Waals surface area contributed by atoms with E-state index in [0.717, 1.165) is 6.07 Å². The fourth-order valence-corrected chi connectivity index (χ4v) is 1.44. The Morgan fingerprint density at radius 2 is 2.06 bits per heavy atom. The Labute approximate surface area is 95.9 Å². The number of halogens is 1. The van der Waals surface area contributed by atoms with Gasteiger partial charge in [-0.05, 0) is 12.1 Å². The van der Waals surface area contributed by atoms with E-state index in [-0.39, 0.29) is 17.2 Å². The van der Waals surface area contributed by atoms with Crippen molar-refractivity contribution < 1.29 is 9.31 Å². The largest absolute Gasteiger partial charge is 0.383 e. The number of nitro groups is 1. The molecule has 5 nitrogen and oxygen atoms in total. The van der Waals surface area contributed by atoms with Crippen LogP contribution in [-0.2, 0) is 0 Å². The maximum absolute atomic E-state index is 13.0. The molecule has 17 heavy (non-hydrogen) atoms. The molecule has 86 valence electrons. The number of pyridine rings is 1. The normalized spacial score (nSPS) is 10.2. The average Bonchev–Trinajstić information content (AvgIpc) is 2.28. The minimum absolute atomic E-state index is 0.0264. The number of aromatic nitrogens is 1. The minimum Gasteiger partial charge on any atom is -0.383 e. The van der Waals surface area contributed by atoms with Crippen molar-refractivity contribution in [3.05, 3.63) is 52.3 Å². The van der Waals surface area contributed by atoms with Crippen LogP contribution in [0.2, 0.25) is 0 Å². The summed E-state index contributed by atoms with van der Waals surface area (Å²) in [5.41, 5.74) is 6.01. The van der Waals surface area contributed by atoms with Gasteiger partial charge in [0.05, 0.1) is 16.7 Å². The first-order chi connectivity index (χ1) is 8.06. The van der Waals surface area contributed by atoms with Crippen LogP contribution in [0.1, 0.15) is 0 Å². The van der Waals surface area contributed by atoms with Crippen molar-refractivity contribution in [1.29, 1.82) is 0 Å². The molecule has 1 aromatic heterocycles. The van der Waals surface area contributed by atoms with Gasteiger partial charge >= 0.3 is 0 Å². The molecule has 0 unspecified atom stereocenters. The number of hydrogen-bond donors (Lipinski definition) is 1. The molecule has 0 aliphatic rings. The molecule has 1 heterocycles. The quantitative estimate of drug-likeness (QED) is 0.637. The molecular formula is C11H8FN3O2. The lowest BCUT2D eigenvalue weighted by atomic mass is 10.1. The highest BCUT2D eigenvalue weighted by Crippen LogP contribution is 2.24. The van der Waals surface area contributed by atoms with Gasteiger partial charge in [-0.15, -0.1) is 0 Å². The summed E-state index contributed by atoms with van der Waals surface area (Å²) in [5, 5.41) is 10.7. The Morgan fingerprint density at radius 3 is 2.71 bits per heavy atom. The lowest BCUT2D eigenvalue weighted by molar-refractivity contribution is -0.384. The smallest absolute Gasteiger partial charge is 0.275 e. The molecule has 0 atom stereocenters. The van der Waals surface area contributed by atoms with Gasteiger partial charge in [0.1, 0.15) is 11.6 Å². The van der Waals surface area contributed by atoms with Crippen molar-refractivity contribution in [3.63, 3.8) is 0 Å². The molecule has 0 bridgehead atoms. The molecule has 2 aromatic rings. The Morgan fingerprint density at radius 1 is 1.29 bits per heavy atom. The summed E-state index contributed by atoms with van der Waals surface area (Å²) < 4.78 is 13.0. The molecule has 0 aliphatic heterocycles. The average molecular weight is 233 g/mol. The van der Waals surface area contributed by atoms with Gasteiger partial charge in [0.2, 0.25) is 0 Å². The fourth-order valence-electron chi connectivity index (χ4n) is 1.44. The molecule has 2 rings (SSSR count). The summed E-state index contributed by atoms with van der Waals surface area (Å²) in [6.07, 6.45) is 0. The molecule has 0 spiro atoms. The van der Waals surface area contributed by atoms with E-state index in [1.54, 1.807) is 6.07 Å². The van der Waals surface area contributed by atoms with Crippen molar-refractivity contribution in [1.82, 2.24) is 4.98 Å². The van der Waals surface area contributed by atoms with E-state index in [0.29, 0.717) is 5.56 Å². The summed E-state index contributed by atoms with van der Waals surface area (Å²) in [6.45, 7) is 0. The summed E-state index contributed by atoms with van der Waals surface area (Å²) in [5.74, 6) is -0.409. The number of benzene rings is 1. The van der Waals surface area contributed by atoms with Crippen LogP contribution in [0, 0.1) is 15.9 Å². The Balaban J connectivity index is 2.56. The van der Waals surface area contributed by atoms with Gasteiger partial charge in [0.15, 0.2) is 0 Å². The molecule has 0 fully saturated rings. The lowest BCUT2D eigenvalue weighted by Crippen LogP contribution is -1.96. The zero-order valence-electron chi connectivity index (χ0n) is 8.63. The zero-order chi connectivity index (χ0) is 12.4. The molecular weight excluding hydrogens is 225 g/mol. The maximum Gasteiger partial charge on any atom is 0.275 e. The maximum atomic E-state index is 13.0. The first kappa shape index (κ1) is 11.0. The Bertz CT molecular complexity index is 587. The van der Waals surface area contributed by atoms with Crippen LogP contribution in [0.4, 0.5) is 15.9 Å². The summed E-state index contributed by atoms with van der Waals surface area (Å²) in [7, 11) is 0. The van der Waals surface area contributed by atoms with Crippen LogP contribution in [0.15, 0.2) is 36.4 Å². The third-order valence-electron chi connectivity index (χ3n) is 2.16. The number of nitrogen functional groups attached to an aromatic ring is 1. The van der Waals surface area contributed by atoms with Gasteiger partial charge in [-0.1, -0.05) is 12.1 Å². The number of anilines is 1. The van der Waals surface area contributed by atoms with Crippen LogP contribution in [-0.4, -0.2) is 9.91 Å². The van der Waals surface area contributed by atoms with E-state index in [2.05, 4.69) is 4.98 Å². The third kappa shape index (κ3) is 2.36. The highest BCUT2D eigenvalue weighted by Gasteiger charge is 2.11. The van der Waals surface area contributed by atoms with E-state index in [1.807, 2.05) is 0 Å². The fraction of sp³-hybridized carbons (Fsp3) is 0. The molecule has 0 saturated heterocycles. The topological polar surface area (TPSA) is 82.0 Å². The van der Waals surface area contributed by atoms with Crippen LogP contribution >= 0.6 is 0 Å². The SMILES string of the molecule is Nc1cc([N+](=O)[O-])cc(-c2cccc(F)c2)n1. The summed E-state index contributed by atoms with van der Waals surface area (Å²) in [6, 6.07) is 8.04. The second-order valence-electron chi connectivity index (χ2n) is 3.40. The van der Waals surface area contributed by atoms with E-state index in [1.165, 1.54) is 24.3 Å². The predicted octanol–water partition coefficient (Wildman–Crippen LogP) is 2.38. The van der Waals surface area contributed by atoms with Crippen LogP contribution in [0.3, 0.4) is 0 Å². The van der Waals surface area contributed by atoms with Gasteiger partial charge < -0.3 is 5.73 Å². The van der Waals surface area contributed by atoms with E-state index in [9.17, 15) is 14.5 Å². The number of hydrogen-bond acceptors (Lipinski definition) is 4. The second kappa shape index (κ2) is 4.17. The van der Waals surface area contributed by atoms with E-state index in [4.69, 9.17) is 5.73 Å². The predicted molar refractivity (Wildman–Crippen MR) is 60.7 cm³/mol. The monoisotopic (exact) mass is 233 g/mol. The molecule has 2 N–H and O–H groups in total. The van der Waals surface area contributed by atoms with Gasteiger partial charge in [-0.25, -0.2) is 9.37 Å². The molecule has 0 aliphatic carbocycles. The number of rotatable bonds is 2. The summed E-state index contributed by atoms with van der Waals surface area (Å²) >= 11 is 0. The van der Waals surface area contributed by atoms with E-state index < -0.39 is 10.7 Å². The Kier molecular flexibility index (Phi) is 2.70. The van der Waals surface area contributed by atoms with Gasteiger partial charge in [0, 0.05) is 11.6 Å². The van der Waals surface area contributed by atoms with Gasteiger partial charge in [0.25, 0.3) is 5.69 Å². The summed E-state index contributed by atoms with van der Waals surface area (Å²) in [4.78, 5) is 14.0. The van der Waals surface area contributed by atoms with Crippen molar-refractivity contribution in [2.75, 3.05) is 5.73 Å². The van der Waals surface area contributed by atoms with Crippen LogP contribution in [0.25, 0.3) is 11.3 Å². The highest BCUT2D eigenvalue weighted by molar-refractivity contribution is 5.64. The van der Waals surface area contributed by atoms with Crippen molar-refractivity contribution in [2.24, 2.45) is 0 Å². The van der Waals surface area contributed by atoms with Gasteiger partial charge in [-0.3, -0.25) is 10.1 Å². The molecule has 1 aromatic carbocycles. The van der Waals surface area contributed by atoms with Crippen LogP contribution < -0.4 is 5.73 Å². The zero-order valence-corrected chi connectivity index (χ0v) is 8.63. The van der Waals surface area contributed by atoms with Crippen LogP contribution in [0.5, 0.6) is 0 Å². The second-order valence-corrected chi connectivity index (χ2v) is 3.40. The number of nitrogens with two attached hydrogens (primary N) is 1. The van der Waals surface area contributed by atoms with Crippen molar-refractivity contribution in [3.8, 4) is 11.3 Å². The highest BCUT2D eigenvalue weighted by atomic mass is 19.1. The number of nitrogens with zero attached hydrogens (tertiary/aromatic N) is 2. The van der Waals surface area contributed by atoms with Gasteiger partial charge in [-0.2, -0.15) is 0 Å². The first-order valence-electron chi connectivity index (χ1n) is 4.74. The van der Waals surface area contributed by atoms with Crippen molar-refractivity contribution >= 4 is 11.5 Å². The molecule has 0 saturated carbocycles. The van der Waals surface area contributed by atoms with Crippen molar-refractivity contribution in [2.45, 2.75) is 0 Å². The molecule has 6 heteroatoms. The lowest BCUT2D eigenvalue weighted by Gasteiger charge is -2.02. The third-order valence-corrected chi connectivity index (χ3v) is 2.16. The Hall–Kier alpha value is -2.50. The minimum atomic E-state index is -0.569. The standard InChI is InChI=1S/C11H8FN3O2/c12-8-3-1-2-7(4-8)10-5-9(15(16)17)6-11(13)14-10/h1-6H,(H2,13,14). The molecule has 0 radical (unpaired) electrons. The van der Waals surface area contributed by atoms with E-state index >= 15 is 0 Å². The molecule has 0 amide bonds. The first-order valence-corrected chi connectivity index (χ1v) is 4.74.